The monoisotopic (exact) mass is 418 g/mol. The average Bonchev–Trinajstić information content (AvgIpc) is 3.70. The van der Waals surface area contributed by atoms with E-state index in [0.717, 1.165) is 12.8 Å². The van der Waals surface area contributed by atoms with E-state index < -0.39 is 23.1 Å². The van der Waals surface area contributed by atoms with Gasteiger partial charge in [0.15, 0.2) is 6.23 Å². The summed E-state index contributed by atoms with van der Waals surface area (Å²) >= 11 is 0. The van der Waals surface area contributed by atoms with E-state index >= 15 is 4.39 Å². The van der Waals surface area contributed by atoms with Crippen molar-refractivity contribution in [3.63, 3.8) is 0 Å². The Labute approximate surface area is 178 Å². The molecule has 2 fully saturated rings. The number of carbonyl (C=O) groups excluding carboxylic acids is 1. The van der Waals surface area contributed by atoms with E-state index in [9.17, 15) is 10.1 Å². The lowest BCUT2D eigenvalue weighted by molar-refractivity contribution is -0.0552. The lowest BCUT2D eigenvalue weighted by Crippen LogP contribution is -2.31. The first-order valence-corrected chi connectivity index (χ1v) is 10.0. The molecule has 7 nitrogen and oxygen atoms in total. The van der Waals surface area contributed by atoms with Gasteiger partial charge in [-0.15, -0.1) is 0 Å². The number of ether oxygens (including phenoxy) is 2. The van der Waals surface area contributed by atoms with E-state index in [1.165, 1.54) is 17.2 Å². The molecular weight excluding hydrogens is 399 g/mol. The Morgan fingerprint density at radius 2 is 2.13 bits per heavy atom. The van der Waals surface area contributed by atoms with Gasteiger partial charge >= 0.3 is 0 Å². The zero-order chi connectivity index (χ0) is 21.8. The fraction of sp³-hybridized carbons (Fsp3) is 0.391. The minimum atomic E-state index is -0.951. The summed E-state index contributed by atoms with van der Waals surface area (Å²) in [5, 5.41) is 18.3. The fourth-order valence-electron chi connectivity index (χ4n) is 3.81. The predicted molar refractivity (Wildman–Crippen MR) is 105 cm³/mol. The number of aromatic nitrogens is 1. The second-order valence-electron chi connectivity index (χ2n) is 8.58. The van der Waals surface area contributed by atoms with Crippen LogP contribution < -0.4 is 0 Å². The molecule has 1 saturated carbocycles. The summed E-state index contributed by atoms with van der Waals surface area (Å²) in [7, 11) is 0. The third-order valence-electron chi connectivity index (χ3n) is 6.23. The number of hydrogen-bond donors (Lipinski definition) is 0. The molecule has 0 bridgehead atoms. The highest BCUT2D eigenvalue weighted by molar-refractivity contribution is 5.99. The van der Waals surface area contributed by atoms with Crippen LogP contribution in [0, 0.1) is 33.9 Å². The number of nitrogens with zero attached hydrogens (tertiary/aromatic N) is 4. The lowest BCUT2D eigenvalue weighted by Gasteiger charge is -2.26. The lowest BCUT2D eigenvalue weighted by atomic mass is 9.96. The summed E-state index contributed by atoms with van der Waals surface area (Å²) in [5.41, 5.74) is 0.861. The van der Waals surface area contributed by atoms with Crippen LogP contribution in [0.15, 0.2) is 30.5 Å². The van der Waals surface area contributed by atoms with Crippen molar-refractivity contribution in [2.45, 2.75) is 38.1 Å². The second kappa shape index (κ2) is 6.84. The molecule has 2 aromatic rings. The molecule has 2 unspecified atom stereocenters. The molecule has 0 N–H and O–H groups in total. The molecule has 8 heteroatoms. The molecular formula is C23H19FN4O3. The molecule has 3 aliphatic rings. The smallest absolute Gasteiger partial charge is 0.257 e. The molecule has 1 aliphatic carbocycles. The van der Waals surface area contributed by atoms with E-state index in [-0.39, 0.29) is 30.2 Å². The van der Waals surface area contributed by atoms with Crippen LogP contribution in [0.1, 0.15) is 58.7 Å². The van der Waals surface area contributed by atoms with Gasteiger partial charge in [0.25, 0.3) is 5.91 Å². The largest absolute Gasteiger partial charge is 0.365 e. The standard InChI is InChI=1S/C23H19FN4O3/c1-22(12-31-22)15-6-17-19(18(24)7-15)21(30-13-23(11-26)4-5-23)28(20(17)29)10-16-3-2-14(8-25)9-27-16/h2-3,6-7,9,21H,4-5,10,12-13H2,1H3. The molecule has 5 rings (SSSR count). The number of pyridine rings is 1. The van der Waals surface area contributed by atoms with Gasteiger partial charge < -0.3 is 14.4 Å². The number of nitriles is 2. The molecule has 2 atom stereocenters. The van der Waals surface area contributed by atoms with Crippen LogP contribution in [-0.2, 0) is 21.6 Å². The minimum Gasteiger partial charge on any atom is -0.365 e. The van der Waals surface area contributed by atoms with Crippen LogP contribution in [-0.4, -0.2) is 29.0 Å². The van der Waals surface area contributed by atoms with Gasteiger partial charge in [0.2, 0.25) is 0 Å². The van der Waals surface area contributed by atoms with Crippen LogP contribution in [0.3, 0.4) is 0 Å². The maximum Gasteiger partial charge on any atom is 0.257 e. The van der Waals surface area contributed by atoms with Gasteiger partial charge in [0.1, 0.15) is 17.5 Å². The van der Waals surface area contributed by atoms with Crippen molar-refractivity contribution in [2.75, 3.05) is 13.2 Å². The first-order chi connectivity index (χ1) is 14.9. The molecule has 0 radical (unpaired) electrons. The zero-order valence-electron chi connectivity index (χ0n) is 16.9. The highest BCUT2D eigenvalue weighted by Crippen LogP contribution is 2.48. The molecule has 2 aliphatic heterocycles. The Hall–Kier alpha value is -3.33. The van der Waals surface area contributed by atoms with E-state index in [2.05, 4.69) is 11.1 Å². The number of halogens is 1. The zero-order valence-corrected chi connectivity index (χ0v) is 16.9. The maximum atomic E-state index is 15.2. The van der Waals surface area contributed by atoms with Crippen LogP contribution in [0.4, 0.5) is 4.39 Å². The van der Waals surface area contributed by atoms with Gasteiger partial charge in [-0.05, 0) is 49.6 Å². The fourth-order valence-corrected chi connectivity index (χ4v) is 3.81. The molecule has 1 amide bonds. The number of benzene rings is 1. The van der Waals surface area contributed by atoms with E-state index in [4.69, 9.17) is 14.7 Å². The van der Waals surface area contributed by atoms with Crippen molar-refractivity contribution >= 4 is 5.91 Å². The number of rotatable bonds is 6. The van der Waals surface area contributed by atoms with Crippen molar-refractivity contribution in [1.82, 2.24) is 9.88 Å². The van der Waals surface area contributed by atoms with Crippen LogP contribution >= 0.6 is 0 Å². The molecule has 1 saturated heterocycles. The number of carbonyl (C=O) groups is 1. The van der Waals surface area contributed by atoms with Crippen molar-refractivity contribution in [1.29, 1.82) is 10.5 Å². The first kappa shape index (κ1) is 19.6. The van der Waals surface area contributed by atoms with E-state index in [0.29, 0.717) is 23.4 Å². The maximum absolute atomic E-state index is 15.2. The topological polar surface area (TPSA) is 103 Å². The van der Waals surface area contributed by atoms with Crippen molar-refractivity contribution in [3.8, 4) is 12.1 Å². The Morgan fingerprint density at radius 1 is 1.35 bits per heavy atom. The van der Waals surface area contributed by atoms with Crippen LogP contribution in [0.5, 0.6) is 0 Å². The minimum absolute atomic E-state index is 0.0893. The Balaban J connectivity index is 1.50. The van der Waals surface area contributed by atoms with Crippen molar-refractivity contribution in [3.05, 3.63) is 64.2 Å². The third-order valence-corrected chi connectivity index (χ3v) is 6.23. The molecule has 3 heterocycles. The van der Waals surface area contributed by atoms with Gasteiger partial charge in [0, 0.05) is 11.8 Å². The van der Waals surface area contributed by atoms with E-state index in [1.807, 2.05) is 13.0 Å². The molecule has 156 valence electrons. The molecule has 1 aromatic heterocycles. The van der Waals surface area contributed by atoms with Crippen molar-refractivity contribution in [2.24, 2.45) is 5.41 Å². The summed E-state index contributed by atoms with van der Waals surface area (Å²) < 4.78 is 26.7. The number of amides is 1. The van der Waals surface area contributed by atoms with Crippen LogP contribution in [0.25, 0.3) is 0 Å². The van der Waals surface area contributed by atoms with Gasteiger partial charge in [0.05, 0.1) is 48.1 Å². The van der Waals surface area contributed by atoms with Gasteiger partial charge in [-0.2, -0.15) is 10.5 Å². The third kappa shape index (κ3) is 3.34. The highest BCUT2D eigenvalue weighted by atomic mass is 19.1. The van der Waals surface area contributed by atoms with Crippen molar-refractivity contribution < 1.29 is 18.7 Å². The SMILES string of the molecule is CC1(c2cc(F)c3c(c2)C(=O)N(Cc2ccc(C#N)cn2)C3OCC2(C#N)CC2)CO1. The molecule has 0 spiro atoms. The average molecular weight is 418 g/mol. The summed E-state index contributed by atoms with van der Waals surface area (Å²) in [4.78, 5) is 18.9. The van der Waals surface area contributed by atoms with Gasteiger partial charge in [-0.25, -0.2) is 4.39 Å². The van der Waals surface area contributed by atoms with Gasteiger partial charge in [-0.3, -0.25) is 9.78 Å². The Bertz CT molecular complexity index is 1160. The van der Waals surface area contributed by atoms with Gasteiger partial charge in [-0.1, -0.05) is 0 Å². The summed E-state index contributed by atoms with van der Waals surface area (Å²) in [6.45, 7) is 2.54. The normalized spacial score (nSPS) is 25.0. The number of epoxide rings is 1. The second-order valence-corrected chi connectivity index (χ2v) is 8.58. The molecule has 1 aromatic carbocycles. The highest BCUT2D eigenvalue weighted by Gasteiger charge is 2.48. The summed E-state index contributed by atoms with van der Waals surface area (Å²) in [5.74, 6) is -0.891. The number of hydrogen-bond acceptors (Lipinski definition) is 6. The Morgan fingerprint density at radius 3 is 2.71 bits per heavy atom. The quantitative estimate of drug-likeness (QED) is 0.667. The predicted octanol–water partition coefficient (Wildman–Crippen LogP) is 3.31. The number of fused-ring (bicyclic) bond motifs is 1. The first-order valence-electron chi connectivity index (χ1n) is 10.0. The Kier molecular flexibility index (Phi) is 4.33. The summed E-state index contributed by atoms with van der Waals surface area (Å²) in [6.07, 6.45) is 1.93. The molecule has 31 heavy (non-hydrogen) atoms. The van der Waals surface area contributed by atoms with E-state index in [1.54, 1.807) is 18.2 Å². The van der Waals surface area contributed by atoms with Crippen LogP contribution in [0.2, 0.25) is 0 Å². The summed E-state index contributed by atoms with van der Waals surface area (Å²) in [6, 6.07) is 10.6.